The Morgan fingerprint density at radius 2 is 1.75 bits per heavy atom. The fourth-order valence-corrected chi connectivity index (χ4v) is 2.71. The lowest BCUT2D eigenvalue weighted by Gasteiger charge is -2.22. The van der Waals surface area contributed by atoms with Crippen LogP contribution in [0.2, 0.25) is 10.0 Å². The first kappa shape index (κ1) is 15.1. The van der Waals surface area contributed by atoms with E-state index in [9.17, 15) is 4.79 Å². The van der Waals surface area contributed by atoms with E-state index in [4.69, 9.17) is 23.2 Å². The highest BCUT2D eigenvalue weighted by molar-refractivity contribution is 6.36. The number of hydrogen-bond acceptors (Lipinski definition) is 2. The van der Waals surface area contributed by atoms with Crippen LogP contribution in [0.1, 0.15) is 32.2 Å². The summed E-state index contributed by atoms with van der Waals surface area (Å²) in [6.07, 6.45) is 0. The minimum absolute atomic E-state index is 0.149. The Bertz CT molecular complexity index is 723. The van der Waals surface area contributed by atoms with Gasteiger partial charge in [0.1, 0.15) is 5.82 Å². The quantitative estimate of drug-likeness (QED) is 0.808. The Morgan fingerprint density at radius 3 is 2.20 bits per heavy atom. The first-order valence-electron chi connectivity index (χ1n) is 6.25. The van der Waals surface area contributed by atoms with Crippen molar-refractivity contribution in [1.82, 2.24) is 14.3 Å². The van der Waals surface area contributed by atoms with E-state index in [1.807, 2.05) is 6.07 Å². The zero-order chi connectivity index (χ0) is 15.2. The summed E-state index contributed by atoms with van der Waals surface area (Å²) in [5.41, 5.74) is 1.10. The van der Waals surface area contributed by atoms with Crippen LogP contribution >= 0.6 is 23.2 Å². The molecular formula is C14H17Cl2N3O. The standard InChI is InChI=1S/C14H17Cl2N3O/c1-8-17-19(13(20)18(8)5)12-6-9(14(2,3)4)10(15)7-11(12)16/h6-7H,1-5H3. The molecule has 0 radical (unpaired) electrons. The van der Waals surface area contributed by atoms with E-state index in [1.165, 1.54) is 9.25 Å². The van der Waals surface area contributed by atoms with E-state index in [-0.39, 0.29) is 11.1 Å². The first-order valence-corrected chi connectivity index (χ1v) is 7.01. The zero-order valence-electron chi connectivity index (χ0n) is 12.2. The maximum absolute atomic E-state index is 12.2. The summed E-state index contributed by atoms with van der Waals surface area (Å²) >= 11 is 12.5. The molecule has 20 heavy (non-hydrogen) atoms. The fraction of sp³-hybridized carbons (Fsp3) is 0.429. The van der Waals surface area contributed by atoms with Crippen LogP contribution in [0.3, 0.4) is 0 Å². The van der Waals surface area contributed by atoms with Gasteiger partial charge in [-0.3, -0.25) is 4.57 Å². The molecule has 1 aromatic carbocycles. The van der Waals surface area contributed by atoms with Gasteiger partial charge >= 0.3 is 5.69 Å². The van der Waals surface area contributed by atoms with Gasteiger partial charge in [-0.15, -0.1) is 0 Å². The molecule has 0 saturated carbocycles. The van der Waals surface area contributed by atoms with Crippen molar-refractivity contribution in [2.45, 2.75) is 33.1 Å². The lowest BCUT2D eigenvalue weighted by atomic mass is 9.87. The van der Waals surface area contributed by atoms with Gasteiger partial charge in [-0.05, 0) is 30.0 Å². The van der Waals surface area contributed by atoms with Gasteiger partial charge in [0.05, 0.1) is 10.7 Å². The van der Waals surface area contributed by atoms with Crippen molar-refractivity contribution in [2.24, 2.45) is 7.05 Å². The van der Waals surface area contributed by atoms with E-state index < -0.39 is 0 Å². The predicted molar refractivity (Wildman–Crippen MR) is 82.3 cm³/mol. The van der Waals surface area contributed by atoms with Crippen LogP contribution in [0.5, 0.6) is 0 Å². The SMILES string of the molecule is Cc1nn(-c2cc(C(C)(C)C)c(Cl)cc2Cl)c(=O)n1C. The van der Waals surface area contributed by atoms with Crippen LogP contribution < -0.4 is 5.69 Å². The normalized spacial score (nSPS) is 11.9. The number of nitrogens with zero attached hydrogens (tertiary/aromatic N) is 3. The van der Waals surface area contributed by atoms with E-state index in [0.29, 0.717) is 21.6 Å². The number of rotatable bonds is 1. The van der Waals surface area contributed by atoms with Gasteiger partial charge < -0.3 is 0 Å². The summed E-state index contributed by atoms with van der Waals surface area (Å²) < 4.78 is 2.78. The Labute approximate surface area is 127 Å². The Balaban J connectivity index is 2.75. The van der Waals surface area contributed by atoms with Gasteiger partial charge in [-0.1, -0.05) is 44.0 Å². The number of hydrogen-bond donors (Lipinski definition) is 0. The molecule has 0 aliphatic rings. The second-order valence-electron chi connectivity index (χ2n) is 5.83. The summed E-state index contributed by atoms with van der Waals surface area (Å²) in [6.45, 7) is 7.93. The number of halogens is 2. The molecular weight excluding hydrogens is 297 g/mol. The van der Waals surface area contributed by atoms with Crippen molar-refractivity contribution in [1.29, 1.82) is 0 Å². The highest BCUT2D eigenvalue weighted by Crippen LogP contribution is 2.34. The molecule has 0 N–H and O–H groups in total. The molecule has 0 aliphatic heterocycles. The molecule has 0 amide bonds. The molecule has 0 spiro atoms. The molecule has 0 atom stereocenters. The second-order valence-corrected chi connectivity index (χ2v) is 6.65. The molecule has 0 saturated heterocycles. The number of aromatic nitrogens is 3. The Morgan fingerprint density at radius 1 is 1.15 bits per heavy atom. The molecule has 1 heterocycles. The third-order valence-corrected chi connectivity index (χ3v) is 3.89. The molecule has 0 unspecified atom stereocenters. The average Bonchev–Trinajstić information content (AvgIpc) is 2.55. The van der Waals surface area contributed by atoms with Gasteiger partial charge in [-0.25, -0.2) is 4.79 Å². The van der Waals surface area contributed by atoms with Crippen molar-refractivity contribution in [3.8, 4) is 5.69 Å². The van der Waals surface area contributed by atoms with Crippen LogP contribution in [0.4, 0.5) is 0 Å². The van der Waals surface area contributed by atoms with E-state index in [0.717, 1.165) is 5.56 Å². The predicted octanol–water partition coefficient (Wildman–Crippen LogP) is 3.48. The molecule has 2 rings (SSSR count). The fourth-order valence-electron chi connectivity index (χ4n) is 1.97. The van der Waals surface area contributed by atoms with Crippen LogP contribution in [0.15, 0.2) is 16.9 Å². The maximum Gasteiger partial charge on any atom is 0.350 e. The summed E-state index contributed by atoms with van der Waals surface area (Å²) in [6, 6.07) is 3.49. The lowest BCUT2D eigenvalue weighted by molar-refractivity contribution is 0.589. The van der Waals surface area contributed by atoms with E-state index >= 15 is 0 Å². The van der Waals surface area contributed by atoms with Crippen LogP contribution in [0, 0.1) is 6.92 Å². The molecule has 6 heteroatoms. The summed E-state index contributed by atoms with van der Waals surface area (Å²) in [7, 11) is 1.68. The third-order valence-electron chi connectivity index (χ3n) is 3.27. The molecule has 0 bridgehead atoms. The maximum atomic E-state index is 12.2. The minimum atomic E-state index is -0.230. The van der Waals surface area contributed by atoms with Crippen molar-refractivity contribution in [3.63, 3.8) is 0 Å². The summed E-state index contributed by atoms with van der Waals surface area (Å²) in [5.74, 6) is 0.623. The first-order chi connectivity index (χ1) is 9.12. The van der Waals surface area contributed by atoms with Crippen LogP contribution in [-0.4, -0.2) is 14.3 Å². The van der Waals surface area contributed by atoms with Crippen molar-refractivity contribution in [2.75, 3.05) is 0 Å². The molecule has 0 fully saturated rings. The van der Waals surface area contributed by atoms with Gasteiger partial charge in [0.15, 0.2) is 0 Å². The summed E-state index contributed by atoms with van der Waals surface area (Å²) in [5, 5.41) is 5.23. The number of benzene rings is 1. The smallest absolute Gasteiger partial charge is 0.282 e. The Hall–Kier alpha value is -1.26. The van der Waals surface area contributed by atoms with Crippen LogP contribution in [-0.2, 0) is 12.5 Å². The zero-order valence-corrected chi connectivity index (χ0v) is 13.7. The van der Waals surface area contributed by atoms with E-state index in [1.54, 1.807) is 20.0 Å². The average molecular weight is 314 g/mol. The monoisotopic (exact) mass is 313 g/mol. The molecule has 0 aliphatic carbocycles. The largest absolute Gasteiger partial charge is 0.350 e. The number of aryl methyl sites for hydroxylation is 1. The van der Waals surface area contributed by atoms with Crippen LogP contribution in [0.25, 0.3) is 5.69 Å². The highest BCUT2D eigenvalue weighted by Gasteiger charge is 2.21. The van der Waals surface area contributed by atoms with Gasteiger partial charge in [0.2, 0.25) is 0 Å². The molecule has 108 valence electrons. The summed E-state index contributed by atoms with van der Waals surface area (Å²) in [4.78, 5) is 12.2. The molecule has 4 nitrogen and oxygen atoms in total. The minimum Gasteiger partial charge on any atom is -0.282 e. The topological polar surface area (TPSA) is 39.8 Å². The van der Waals surface area contributed by atoms with Gasteiger partial charge in [0, 0.05) is 12.1 Å². The lowest BCUT2D eigenvalue weighted by Crippen LogP contribution is -2.23. The third kappa shape index (κ3) is 2.50. The van der Waals surface area contributed by atoms with Crippen molar-refractivity contribution < 1.29 is 0 Å². The molecule has 2 aromatic rings. The highest BCUT2D eigenvalue weighted by atomic mass is 35.5. The van der Waals surface area contributed by atoms with Crippen molar-refractivity contribution >= 4 is 23.2 Å². The van der Waals surface area contributed by atoms with E-state index in [2.05, 4.69) is 25.9 Å². The molecule has 1 aromatic heterocycles. The van der Waals surface area contributed by atoms with Crippen molar-refractivity contribution in [3.05, 3.63) is 44.1 Å². The second kappa shape index (κ2) is 4.93. The van der Waals surface area contributed by atoms with Gasteiger partial charge in [-0.2, -0.15) is 9.78 Å². The Kier molecular flexibility index (Phi) is 3.73. The van der Waals surface area contributed by atoms with Gasteiger partial charge in [0.25, 0.3) is 0 Å².